The summed E-state index contributed by atoms with van der Waals surface area (Å²) in [5.41, 5.74) is 3.59. The smallest absolute Gasteiger partial charge is 0.328 e. The number of nitrogens with one attached hydrogen (secondary N) is 1. The first-order chi connectivity index (χ1) is 14.0. The van der Waals surface area contributed by atoms with E-state index in [9.17, 15) is 9.59 Å². The van der Waals surface area contributed by atoms with Gasteiger partial charge in [-0.15, -0.1) is 5.10 Å². The van der Waals surface area contributed by atoms with Crippen LogP contribution in [-0.2, 0) is 16.0 Å². The number of nitrogens with zero attached hydrogens (tertiary/aromatic N) is 3. The molecular weight excluding hydrogens is 368 g/mol. The maximum atomic E-state index is 12.9. The van der Waals surface area contributed by atoms with Gasteiger partial charge in [0, 0.05) is 6.42 Å². The molecule has 1 N–H and O–H groups in total. The van der Waals surface area contributed by atoms with Gasteiger partial charge in [0.15, 0.2) is 5.69 Å². The second-order valence-corrected chi connectivity index (χ2v) is 6.74. The molecule has 2 aromatic carbocycles. The number of rotatable bonds is 7. The van der Waals surface area contributed by atoms with Crippen molar-refractivity contribution >= 4 is 11.9 Å². The quantitative estimate of drug-likeness (QED) is 0.625. The largest absolute Gasteiger partial charge is 0.464 e. The molecule has 0 aliphatic rings. The third-order valence-corrected chi connectivity index (χ3v) is 4.51. The highest BCUT2D eigenvalue weighted by atomic mass is 16.5. The van der Waals surface area contributed by atoms with Crippen molar-refractivity contribution in [2.75, 3.05) is 6.61 Å². The molecule has 7 heteroatoms. The van der Waals surface area contributed by atoms with Crippen LogP contribution in [0.3, 0.4) is 0 Å². The lowest BCUT2D eigenvalue weighted by molar-refractivity contribution is -0.145. The number of carbonyl (C=O) groups excluding carboxylic acids is 2. The van der Waals surface area contributed by atoms with Gasteiger partial charge in [0.1, 0.15) is 6.04 Å². The van der Waals surface area contributed by atoms with Crippen molar-refractivity contribution in [2.24, 2.45) is 0 Å². The van der Waals surface area contributed by atoms with Crippen LogP contribution in [0.25, 0.3) is 5.69 Å². The first kappa shape index (κ1) is 20.3. The summed E-state index contributed by atoms with van der Waals surface area (Å²) in [5, 5.41) is 10.9. The predicted octanol–water partition coefficient (Wildman–Crippen LogP) is 2.79. The SMILES string of the molecule is CCOC(=O)C(Cc1ccccc1)NC(=O)c1nnn(-c2cccc(C)c2)c1C. The summed E-state index contributed by atoms with van der Waals surface area (Å²) in [6.07, 6.45) is 0.330. The summed E-state index contributed by atoms with van der Waals surface area (Å²) in [6, 6.07) is 16.4. The highest BCUT2D eigenvalue weighted by Gasteiger charge is 2.26. The zero-order chi connectivity index (χ0) is 20.8. The van der Waals surface area contributed by atoms with Crippen LogP contribution in [0, 0.1) is 13.8 Å². The van der Waals surface area contributed by atoms with E-state index in [1.165, 1.54) is 0 Å². The molecule has 1 aromatic heterocycles. The Morgan fingerprint density at radius 1 is 1.10 bits per heavy atom. The fraction of sp³-hybridized carbons (Fsp3) is 0.273. The number of ether oxygens (including phenoxy) is 1. The second kappa shape index (κ2) is 9.14. The highest BCUT2D eigenvalue weighted by Crippen LogP contribution is 2.14. The van der Waals surface area contributed by atoms with Gasteiger partial charge in [-0.2, -0.15) is 0 Å². The minimum absolute atomic E-state index is 0.175. The van der Waals surface area contributed by atoms with Crippen molar-refractivity contribution in [3.05, 3.63) is 77.1 Å². The van der Waals surface area contributed by atoms with Gasteiger partial charge in [-0.05, 0) is 44.0 Å². The Bertz CT molecular complexity index is 998. The molecule has 0 aliphatic heterocycles. The summed E-state index contributed by atoms with van der Waals surface area (Å²) in [4.78, 5) is 25.2. The fourth-order valence-electron chi connectivity index (χ4n) is 3.06. The number of aromatic nitrogens is 3. The molecule has 3 rings (SSSR count). The molecule has 0 spiro atoms. The van der Waals surface area contributed by atoms with Crippen molar-refractivity contribution in [2.45, 2.75) is 33.2 Å². The van der Waals surface area contributed by atoms with Crippen LogP contribution in [0.4, 0.5) is 0 Å². The first-order valence-electron chi connectivity index (χ1n) is 9.50. The molecule has 0 radical (unpaired) electrons. The number of carbonyl (C=O) groups is 2. The zero-order valence-electron chi connectivity index (χ0n) is 16.8. The van der Waals surface area contributed by atoms with Crippen LogP contribution in [0.2, 0.25) is 0 Å². The van der Waals surface area contributed by atoms with Gasteiger partial charge >= 0.3 is 5.97 Å². The Morgan fingerprint density at radius 2 is 1.86 bits per heavy atom. The molecular formula is C22H24N4O3. The van der Waals surface area contributed by atoms with Crippen molar-refractivity contribution in [1.29, 1.82) is 0 Å². The normalized spacial score (nSPS) is 11.7. The van der Waals surface area contributed by atoms with Gasteiger partial charge in [0.25, 0.3) is 5.91 Å². The molecule has 0 saturated heterocycles. The Morgan fingerprint density at radius 3 is 2.55 bits per heavy atom. The standard InChI is InChI=1S/C22H24N4O3/c1-4-29-22(28)19(14-17-10-6-5-7-11-17)23-21(27)20-16(3)26(25-24-20)18-12-8-9-15(2)13-18/h5-13,19H,4,14H2,1-3H3,(H,23,27). The van der Waals surface area contributed by atoms with Gasteiger partial charge in [-0.3, -0.25) is 4.79 Å². The van der Waals surface area contributed by atoms with Crippen LogP contribution in [-0.4, -0.2) is 39.5 Å². The number of benzene rings is 2. The van der Waals surface area contributed by atoms with Crippen molar-refractivity contribution < 1.29 is 14.3 Å². The van der Waals surface area contributed by atoms with Gasteiger partial charge in [-0.1, -0.05) is 47.7 Å². The van der Waals surface area contributed by atoms with Gasteiger partial charge < -0.3 is 10.1 Å². The van der Waals surface area contributed by atoms with Crippen LogP contribution in [0.1, 0.15) is 34.2 Å². The first-order valence-corrected chi connectivity index (χ1v) is 9.50. The number of aryl methyl sites for hydroxylation is 1. The van der Waals surface area contributed by atoms with Gasteiger partial charge in [0.2, 0.25) is 0 Å². The van der Waals surface area contributed by atoms with Gasteiger partial charge in [0.05, 0.1) is 18.0 Å². The van der Waals surface area contributed by atoms with Crippen molar-refractivity contribution in [1.82, 2.24) is 20.3 Å². The van der Waals surface area contributed by atoms with Crippen LogP contribution >= 0.6 is 0 Å². The van der Waals surface area contributed by atoms with E-state index in [2.05, 4.69) is 15.6 Å². The third-order valence-electron chi connectivity index (χ3n) is 4.51. The molecule has 0 bridgehead atoms. The molecule has 1 amide bonds. The van der Waals surface area contributed by atoms with Crippen LogP contribution < -0.4 is 5.32 Å². The van der Waals surface area contributed by atoms with E-state index >= 15 is 0 Å². The summed E-state index contributed by atoms with van der Waals surface area (Å²) in [5.74, 6) is -0.941. The molecule has 0 fully saturated rings. The Hall–Kier alpha value is -3.48. The Balaban J connectivity index is 1.81. The van der Waals surface area contributed by atoms with E-state index < -0.39 is 17.9 Å². The summed E-state index contributed by atoms with van der Waals surface area (Å²) < 4.78 is 6.75. The fourth-order valence-corrected chi connectivity index (χ4v) is 3.06. The van der Waals surface area contributed by atoms with Gasteiger partial charge in [-0.25, -0.2) is 9.48 Å². The minimum Gasteiger partial charge on any atom is -0.464 e. The van der Waals surface area contributed by atoms with Crippen molar-refractivity contribution in [3.8, 4) is 5.69 Å². The summed E-state index contributed by atoms with van der Waals surface area (Å²) in [7, 11) is 0. The maximum Gasteiger partial charge on any atom is 0.328 e. The molecule has 0 saturated carbocycles. The average Bonchev–Trinajstić information content (AvgIpc) is 3.10. The average molecular weight is 392 g/mol. The van der Waals surface area contributed by atoms with E-state index in [-0.39, 0.29) is 12.3 Å². The third kappa shape index (κ3) is 4.87. The van der Waals surface area contributed by atoms with E-state index in [0.717, 1.165) is 16.8 Å². The van der Waals surface area contributed by atoms with E-state index in [1.807, 2.05) is 61.5 Å². The zero-order valence-corrected chi connectivity index (χ0v) is 16.8. The topological polar surface area (TPSA) is 86.1 Å². The lowest BCUT2D eigenvalue weighted by Crippen LogP contribution is -2.43. The minimum atomic E-state index is -0.812. The molecule has 0 aliphatic carbocycles. The number of hydrogen-bond donors (Lipinski definition) is 1. The molecule has 1 heterocycles. The Kier molecular flexibility index (Phi) is 6.39. The second-order valence-electron chi connectivity index (χ2n) is 6.74. The Labute approximate surface area is 169 Å². The monoisotopic (exact) mass is 392 g/mol. The van der Waals surface area contributed by atoms with Crippen LogP contribution in [0.5, 0.6) is 0 Å². The summed E-state index contributed by atoms with van der Waals surface area (Å²) >= 11 is 0. The lowest BCUT2D eigenvalue weighted by atomic mass is 10.1. The summed E-state index contributed by atoms with van der Waals surface area (Å²) in [6.45, 7) is 5.73. The van der Waals surface area contributed by atoms with E-state index in [4.69, 9.17) is 4.74 Å². The van der Waals surface area contributed by atoms with Crippen LogP contribution in [0.15, 0.2) is 54.6 Å². The number of hydrogen-bond acceptors (Lipinski definition) is 5. The lowest BCUT2D eigenvalue weighted by Gasteiger charge is -2.17. The number of amides is 1. The van der Waals surface area contributed by atoms with E-state index in [0.29, 0.717) is 12.1 Å². The highest BCUT2D eigenvalue weighted by molar-refractivity contribution is 5.96. The molecule has 1 atom stereocenters. The maximum absolute atomic E-state index is 12.9. The number of esters is 1. The van der Waals surface area contributed by atoms with E-state index in [1.54, 1.807) is 18.5 Å². The molecule has 3 aromatic rings. The molecule has 7 nitrogen and oxygen atoms in total. The van der Waals surface area contributed by atoms with Crippen molar-refractivity contribution in [3.63, 3.8) is 0 Å². The molecule has 150 valence electrons. The molecule has 29 heavy (non-hydrogen) atoms. The molecule has 1 unspecified atom stereocenters. The predicted molar refractivity (Wildman–Crippen MR) is 109 cm³/mol.